The number of urea groups is 1. The van der Waals surface area contributed by atoms with Gasteiger partial charge in [-0.2, -0.15) is 5.10 Å². The number of amides is 2. The normalized spacial score (nSPS) is 20.8. The van der Waals surface area contributed by atoms with Gasteiger partial charge in [0.2, 0.25) is 10.0 Å². The van der Waals surface area contributed by atoms with E-state index in [9.17, 15) is 22.0 Å². The van der Waals surface area contributed by atoms with Crippen LogP contribution in [0.4, 0.5) is 25.0 Å². The van der Waals surface area contributed by atoms with Gasteiger partial charge in [0.25, 0.3) is 6.43 Å². The Balaban J connectivity index is 1.56. The topological polar surface area (TPSA) is 100 Å². The number of alkyl halides is 2. The molecule has 2 aromatic rings. The number of rotatable bonds is 3. The molecule has 4 heterocycles. The van der Waals surface area contributed by atoms with E-state index in [-0.39, 0.29) is 24.0 Å². The van der Waals surface area contributed by atoms with Gasteiger partial charge in [0, 0.05) is 18.4 Å². The molecule has 0 saturated carbocycles. The van der Waals surface area contributed by atoms with Crippen LogP contribution in [0.3, 0.4) is 0 Å². The van der Waals surface area contributed by atoms with Crippen LogP contribution in [0.5, 0.6) is 0 Å². The second-order valence-electron chi connectivity index (χ2n) is 7.08. The van der Waals surface area contributed by atoms with Gasteiger partial charge < -0.3 is 10.2 Å². The maximum absolute atomic E-state index is 12.8. The third-order valence-corrected chi connectivity index (χ3v) is 6.96. The predicted molar refractivity (Wildman–Crippen MR) is 101 cm³/mol. The SMILES string of the molecule is CC1Cn2ncc(N3CCCS3(=O)=O)c2CN1C(=O)Nc1ccnc(C(F)F)c1. The number of pyridine rings is 1. The van der Waals surface area contributed by atoms with Crippen molar-refractivity contribution in [2.45, 2.75) is 38.9 Å². The molecule has 0 bridgehead atoms. The van der Waals surface area contributed by atoms with Crippen molar-refractivity contribution >= 4 is 27.4 Å². The van der Waals surface area contributed by atoms with E-state index in [2.05, 4.69) is 15.4 Å². The lowest BCUT2D eigenvalue weighted by atomic mass is 10.2. The molecule has 4 rings (SSSR count). The molecule has 0 spiro atoms. The Bertz CT molecular complexity index is 1040. The van der Waals surface area contributed by atoms with Crippen molar-refractivity contribution in [3.05, 3.63) is 35.9 Å². The summed E-state index contributed by atoms with van der Waals surface area (Å²) in [6.07, 6.45) is 0.536. The molecular weight excluding hydrogens is 406 g/mol. The summed E-state index contributed by atoms with van der Waals surface area (Å²) < 4.78 is 53.3. The Hall–Kier alpha value is -2.76. The Labute approximate surface area is 166 Å². The third-order valence-electron chi connectivity index (χ3n) is 5.10. The minimum Gasteiger partial charge on any atom is -0.314 e. The number of hydrogen-bond donors (Lipinski definition) is 1. The fraction of sp³-hybridized carbons (Fsp3) is 0.471. The molecule has 9 nitrogen and oxygen atoms in total. The first-order chi connectivity index (χ1) is 13.8. The lowest BCUT2D eigenvalue weighted by molar-refractivity contribution is 0.146. The van der Waals surface area contributed by atoms with Crippen molar-refractivity contribution in [3.8, 4) is 0 Å². The molecule has 1 unspecified atom stereocenters. The highest BCUT2D eigenvalue weighted by molar-refractivity contribution is 7.93. The number of fused-ring (bicyclic) bond motifs is 1. The summed E-state index contributed by atoms with van der Waals surface area (Å²) in [6, 6.07) is 1.88. The van der Waals surface area contributed by atoms with Crippen molar-refractivity contribution in [1.29, 1.82) is 0 Å². The average molecular weight is 426 g/mol. The van der Waals surface area contributed by atoms with E-state index in [0.717, 1.165) is 6.07 Å². The Morgan fingerprint density at radius 1 is 1.38 bits per heavy atom. The zero-order valence-corrected chi connectivity index (χ0v) is 16.4. The lowest BCUT2D eigenvalue weighted by Crippen LogP contribution is -2.47. The van der Waals surface area contributed by atoms with Crippen molar-refractivity contribution < 1.29 is 22.0 Å². The van der Waals surface area contributed by atoms with E-state index in [4.69, 9.17) is 0 Å². The number of nitrogens with one attached hydrogen (secondary N) is 1. The van der Waals surface area contributed by atoms with Gasteiger partial charge in [0.05, 0.1) is 42.5 Å². The Morgan fingerprint density at radius 2 is 2.17 bits per heavy atom. The highest BCUT2D eigenvalue weighted by Crippen LogP contribution is 2.31. The third kappa shape index (κ3) is 3.63. The van der Waals surface area contributed by atoms with Gasteiger partial charge in [-0.3, -0.25) is 14.0 Å². The first kappa shape index (κ1) is 19.6. The standard InChI is InChI=1S/C17H20F2N6O3S/c1-11-9-24-15(14(8-21-24)25-5-2-6-29(25,27)28)10-23(11)17(26)22-12-3-4-20-13(7-12)16(18)19/h3-4,7-8,11,16H,2,5-6,9-10H2,1H3,(H,20,22,26). The summed E-state index contributed by atoms with van der Waals surface area (Å²) in [6.45, 7) is 2.78. The fourth-order valence-corrected chi connectivity index (χ4v) is 5.19. The van der Waals surface area contributed by atoms with Crippen molar-refractivity contribution in [3.63, 3.8) is 0 Å². The van der Waals surface area contributed by atoms with Gasteiger partial charge in [-0.15, -0.1) is 0 Å². The molecule has 2 amide bonds. The van der Waals surface area contributed by atoms with Crippen LogP contribution in [0.15, 0.2) is 24.5 Å². The number of sulfonamides is 1. The Morgan fingerprint density at radius 3 is 2.86 bits per heavy atom. The minimum absolute atomic E-state index is 0.0900. The van der Waals surface area contributed by atoms with Gasteiger partial charge in [0.15, 0.2) is 0 Å². The quantitative estimate of drug-likeness (QED) is 0.811. The van der Waals surface area contributed by atoms with E-state index in [1.165, 1.54) is 27.7 Å². The number of hydrogen-bond acceptors (Lipinski definition) is 5. The zero-order valence-electron chi connectivity index (χ0n) is 15.6. The highest BCUT2D eigenvalue weighted by Gasteiger charge is 2.35. The molecule has 2 aliphatic heterocycles. The van der Waals surface area contributed by atoms with Gasteiger partial charge in [-0.05, 0) is 25.5 Å². The van der Waals surface area contributed by atoms with Crippen LogP contribution >= 0.6 is 0 Å². The van der Waals surface area contributed by atoms with Crippen LogP contribution in [0, 0.1) is 0 Å². The van der Waals surface area contributed by atoms with E-state index in [1.54, 1.807) is 4.68 Å². The summed E-state index contributed by atoms with van der Waals surface area (Å²) in [5.41, 5.74) is 0.908. The first-order valence-electron chi connectivity index (χ1n) is 9.13. The largest absolute Gasteiger partial charge is 0.322 e. The molecule has 2 aliphatic rings. The zero-order chi connectivity index (χ0) is 20.8. The van der Waals surface area contributed by atoms with E-state index in [1.807, 2.05) is 6.92 Å². The van der Waals surface area contributed by atoms with Crippen LogP contribution in [-0.4, -0.2) is 52.5 Å². The Kier molecular flexibility index (Phi) is 4.89. The molecule has 0 radical (unpaired) electrons. The monoisotopic (exact) mass is 426 g/mol. The number of carbonyl (C=O) groups excluding carboxylic acids is 1. The molecule has 1 N–H and O–H groups in total. The number of nitrogens with zero attached hydrogens (tertiary/aromatic N) is 5. The molecule has 156 valence electrons. The summed E-state index contributed by atoms with van der Waals surface area (Å²) in [5, 5.41) is 6.90. The van der Waals surface area contributed by atoms with E-state index < -0.39 is 28.2 Å². The minimum atomic E-state index is -3.37. The molecule has 1 fully saturated rings. The van der Waals surface area contributed by atoms with Crippen LogP contribution in [0.2, 0.25) is 0 Å². The molecule has 29 heavy (non-hydrogen) atoms. The molecule has 0 aliphatic carbocycles. The first-order valence-corrected chi connectivity index (χ1v) is 10.7. The van der Waals surface area contributed by atoms with E-state index >= 15 is 0 Å². The number of anilines is 2. The second kappa shape index (κ2) is 7.25. The van der Waals surface area contributed by atoms with Crippen molar-refractivity contribution in [2.75, 3.05) is 21.9 Å². The van der Waals surface area contributed by atoms with Gasteiger partial charge >= 0.3 is 6.03 Å². The van der Waals surface area contributed by atoms with Crippen LogP contribution in [0.1, 0.15) is 31.2 Å². The summed E-state index contributed by atoms with van der Waals surface area (Å²) in [4.78, 5) is 17.9. The summed E-state index contributed by atoms with van der Waals surface area (Å²) in [7, 11) is -3.37. The molecule has 12 heteroatoms. The molecule has 2 aromatic heterocycles. The predicted octanol–water partition coefficient (Wildman–Crippen LogP) is 2.19. The van der Waals surface area contributed by atoms with Crippen molar-refractivity contribution in [2.24, 2.45) is 0 Å². The number of aromatic nitrogens is 3. The fourth-order valence-electron chi connectivity index (χ4n) is 3.62. The number of halogens is 2. The maximum Gasteiger partial charge on any atom is 0.322 e. The molecule has 0 aromatic carbocycles. The van der Waals surface area contributed by atoms with Crippen LogP contribution < -0.4 is 9.62 Å². The second-order valence-corrected chi connectivity index (χ2v) is 9.09. The van der Waals surface area contributed by atoms with Crippen molar-refractivity contribution in [1.82, 2.24) is 19.7 Å². The molecular formula is C17H20F2N6O3S. The summed E-state index contributed by atoms with van der Waals surface area (Å²) in [5.74, 6) is 0.0900. The maximum atomic E-state index is 12.8. The van der Waals surface area contributed by atoms with Gasteiger partial charge in [-0.25, -0.2) is 22.0 Å². The van der Waals surface area contributed by atoms with Gasteiger partial charge in [0.1, 0.15) is 5.69 Å². The van der Waals surface area contributed by atoms with E-state index in [0.29, 0.717) is 30.9 Å². The smallest absolute Gasteiger partial charge is 0.314 e. The van der Waals surface area contributed by atoms with Gasteiger partial charge in [-0.1, -0.05) is 0 Å². The molecule has 1 atom stereocenters. The highest BCUT2D eigenvalue weighted by atomic mass is 32.2. The lowest BCUT2D eigenvalue weighted by Gasteiger charge is -2.35. The average Bonchev–Trinajstić information content (AvgIpc) is 3.22. The van der Waals surface area contributed by atoms with Crippen LogP contribution in [0.25, 0.3) is 0 Å². The summed E-state index contributed by atoms with van der Waals surface area (Å²) >= 11 is 0. The molecule has 1 saturated heterocycles. The van der Waals surface area contributed by atoms with Crippen LogP contribution in [-0.2, 0) is 23.1 Å². The number of carbonyl (C=O) groups is 1.